The maximum absolute atomic E-state index is 13.0. The van der Waals surface area contributed by atoms with Gasteiger partial charge in [0.05, 0.1) is 19.2 Å². The van der Waals surface area contributed by atoms with Crippen LogP contribution in [0.25, 0.3) is 0 Å². The van der Waals surface area contributed by atoms with E-state index in [1.807, 2.05) is 41.5 Å². The fourth-order valence-electron chi connectivity index (χ4n) is 3.83. The van der Waals surface area contributed by atoms with Crippen molar-refractivity contribution >= 4 is 18.0 Å². The van der Waals surface area contributed by atoms with E-state index in [0.29, 0.717) is 12.5 Å². The molecule has 1 saturated heterocycles. The molecule has 7 heteroatoms. The van der Waals surface area contributed by atoms with Gasteiger partial charge in [-0.25, -0.2) is 4.79 Å². The number of hydrogen-bond donors (Lipinski definition) is 0. The van der Waals surface area contributed by atoms with Gasteiger partial charge in [0.1, 0.15) is 12.1 Å². The predicted molar refractivity (Wildman–Crippen MR) is 96.4 cm³/mol. The summed E-state index contributed by atoms with van der Waals surface area (Å²) in [4.78, 5) is 40.8. The van der Waals surface area contributed by atoms with E-state index in [-0.39, 0.29) is 30.6 Å². The second-order valence-corrected chi connectivity index (χ2v) is 9.36. The number of piperidine rings is 1. The number of methoxy groups -OCH3 is 1. The highest BCUT2D eigenvalue weighted by atomic mass is 16.6. The molecule has 3 atom stereocenters. The van der Waals surface area contributed by atoms with Crippen LogP contribution in [0.15, 0.2) is 0 Å². The maximum Gasteiger partial charge on any atom is 0.410 e. The maximum atomic E-state index is 13.0. The summed E-state index contributed by atoms with van der Waals surface area (Å²) in [6, 6.07) is -0.308. The summed E-state index contributed by atoms with van der Waals surface area (Å²) in [6.07, 6.45) is 1.28. The lowest BCUT2D eigenvalue weighted by atomic mass is 9.92. The fourth-order valence-corrected chi connectivity index (χ4v) is 3.83. The van der Waals surface area contributed by atoms with Gasteiger partial charge in [0.25, 0.3) is 0 Å². The zero-order valence-electron chi connectivity index (χ0n) is 17.0. The molecule has 0 N–H and O–H groups in total. The summed E-state index contributed by atoms with van der Waals surface area (Å²) < 4.78 is 10.3. The average Bonchev–Trinajstić information content (AvgIpc) is 3.09. The van der Waals surface area contributed by atoms with Crippen LogP contribution in [-0.2, 0) is 19.1 Å². The van der Waals surface area contributed by atoms with Crippen molar-refractivity contribution in [2.24, 2.45) is 11.3 Å². The molecular formula is C19H32N2O5. The monoisotopic (exact) mass is 368 g/mol. The van der Waals surface area contributed by atoms with Crippen LogP contribution < -0.4 is 0 Å². The number of carbonyl (C=O) groups excluding carboxylic acids is 3. The highest BCUT2D eigenvalue weighted by Crippen LogP contribution is 2.42. The number of esters is 1. The van der Waals surface area contributed by atoms with Crippen molar-refractivity contribution in [3.05, 3.63) is 0 Å². The first kappa shape index (κ1) is 20.5. The van der Waals surface area contributed by atoms with E-state index in [1.165, 1.54) is 7.11 Å². The summed E-state index contributed by atoms with van der Waals surface area (Å²) in [7, 11) is 1.32. The summed E-state index contributed by atoms with van der Waals surface area (Å²) in [6.45, 7) is 11.6. The first-order valence-corrected chi connectivity index (χ1v) is 9.21. The second kappa shape index (κ2) is 7.08. The van der Waals surface area contributed by atoms with Gasteiger partial charge in [-0.3, -0.25) is 9.59 Å². The molecule has 0 radical (unpaired) electrons. The molecule has 1 aliphatic heterocycles. The third kappa shape index (κ3) is 4.48. The zero-order valence-corrected chi connectivity index (χ0v) is 17.0. The van der Waals surface area contributed by atoms with Crippen molar-refractivity contribution in [3.8, 4) is 0 Å². The van der Waals surface area contributed by atoms with E-state index >= 15 is 0 Å². The Kier molecular flexibility index (Phi) is 5.59. The van der Waals surface area contributed by atoms with E-state index in [9.17, 15) is 14.4 Å². The highest BCUT2D eigenvalue weighted by Gasteiger charge is 2.52. The van der Waals surface area contributed by atoms with Gasteiger partial charge in [0.15, 0.2) is 0 Å². The summed E-state index contributed by atoms with van der Waals surface area (Å²) >= 11 is 0. The lowest BCUT2D eigenvalue weighted by Gasteiger charge is -2.41. The first-order chi connectivity index (χ1) is 11.8. The van der Waals surface area contributed by atoms with Crippen LogP contribution in [0.5, 0.6) is 0 Å². The van der Waals surface area contributed by atoms with Crippen molar-refractivity contribution in [2.45, 2.75) is 72.1 Å². The predicted octanol–water partition coefficient (Wildman–Crippen LogP) is 2.43. The van der Waals surface area contributed by atoms with Crippen LogP contribution in [0.3, 0.4) is 0 Å². The smallest absolute Gasteiger partial charge is 0.410 e. The van der Waals surface area contributed by atoms with Gasteiger partial charge in [-0.2, -0.15) is 0 Å². The van der Waals surface area contributed by atoms with Crippen LogP contribution in [-0.4, -0.2) is 65.7 Å². The van der Waals surface area contributed by atoms with E-state index in [1.54, 1.807) is 9.80 Å². The van der Waals surface area contributed by atoms with E-state index in [2.05, 4.69) is 0 Å². The molecule has 0 spiro atoms. The number of carbonyl (C=O) groups is 3. The molecule has 3 unspecified atom stereocenters. The van der Waals surface area contributed by atoms with Crippen molar-refractivity contribution in [3.63, 3.8) is 0 Å². The molecule has 2 bridgehead atoms. The van der Waals surface area contributed by atoms with Gasteiger partial charge in [0.2, 0.25) is 5.91 Å². The summed E-state index contributed by atoms with van der Waals surface area (Å²) in [5, 5.41) is 0. The molecule has 26 heavy (non-hydrogen) atoms. The molecule has 1 saturated carbocycles. The lowest BCUT2D eigenvalue weighted by molar-refractivity contribution is -0.153. The van der Waals surface area contributed by atoms with Gasteiger partial charge in [0, 0.05) is 12.0 Å². The molecule has 0 aromatic heterocycles. The van der Waals surface area contributed by atoms with Crippen LogP contribution in [0.1, 0.15) is 54.4 Å². The Hall–Kier alpha value is -1.79. The Morgan fingerprint density at radius 2 is 1.69 bits per heavy atom. The Bertz CT molecular complexity index is 575. The van der Waals surface area contributed by atoms with Crippen LogP contribution in [0.2, 0.25) is 0 Å². The molecule has 1 heterocycles. The Labute approximate surface area is 156 Å². The number of likely N-dealkylation sites (tertiary alicyclic amines) is 1. The van der Waals surface area contributed by atoms with Crippen LogP contribution in [0, 0.1) is 11.3 Å². The van der Waals surface area contributed by atoms with Gasteiger partial charge < -0.3 is 19.3 Å². The molecule has 2 aliphatic rings. The normalized spacial score (nSPS) is 25.2. The Morgan fingerprint density at radius 3 is 2.15 bits per heavy atom. The third-order valence-corrected chi connectivity index (χ3v) is 4.91. The zero-order chi connectivity index (χ0) is 19.9. The fraction of sp³-hybridized carbons (Fsp3) is 0.842. The van der Waals surface area contributed by atoms with Crippen molar-refractivity contribution in [2.75, 3.05) is 20.2 Å². The number of nitrogens with zero attached hydrogens (tertiary/aromatic N) is 2. The molecular weight excluding hydrogens is 336 g/mol. The number of rotatable bonds is 3. The molecule has 0 aromatic rings. The molecule has 2 fully saturated rings. The van der Waals surface area contributed by atoms with Crippen LogP contribution >= 0.6 is 0 Å². The van der Waals surface area contributed by atoms with Crippen molar-refractivity contribution in [1.29, 1.82) is 0 Å². The SMILES string of the molecule is COC(=O)CN(C(=O)C(C)(C)C)C1CC2CC1N(C(=O)OC(C)(C)C)C2. The van der Waals surface area contributed by atoms with Crippen molar-refractivity contribution < 1.29 is 23.9 Å². The molecule has 0 aromatic carbocycles. The lowest BCUT2D eigenvalue weighted by Crippen LogP contribution is -2.57. The third-order valence-electron chi connectivity index (χ3n) is 4.91. The minimum absolute atomic E-state index is 0.0946. The van der Waals surface area contributed by atoms with Gasteiger partial charge in [-0.05, 0) is 39.5 Å². The molecule has 2 amide bonds. The Morgan fingerprint density at radius 1 is 1.08 bits per heavy atom. The number of ether oxygens (including phenoxy) is 2. The van der Waals surface area contributed by atoms with Gasteiger partial charge >= 0.3 is 12.1 Å². The molecule has 2 rings (SSSR count). The van der Waals surface area contributed by atoms with E-state index < -0.39 is 17.0 Å². The Balaban J connectivity index is 2.22. The topological polar surface area (TPSA) is 76.2 Å². The van der Waals surface area contributed by atoms with Gasteiger partial charge in [-0.15, -0.1) is 0 Å². The molecule has 1 aliphatic carbocycles. The molecule has 148 valence electrons. The van der Waals surface area contributed by atoms with Crippen molar-refractivity contribution in [1.82, 2.24) is 9.80 Å². The standard InChI is InChI=1S/C19H32N2O5/c1-18(2,3)16(23)20(11-15(22)25-7)13-8-12-9-14(13)21(10-12)17(24)26-19(4,5)6/h12-14H,8-11H2,1-7H3. The summed E-state index contributed by atoms with van der Waals surface area (Å²) in [5.41, 5.74) is -1.19. The van der Waals surface area contributed by atoms with Gasteiger partial charge in [-0.1, -0.05) is 20.8 Å². The highest BCUT2D eigenvalue weighted by molar-refractivity contribution is 5.86. The minimum Gasteiger partial charge on any atom is -0.468 e. The van der Waals surface area contributed by atoms with Crippen LogP contribution in [0.4, 0.5) is 4.79 Å². The number of amides is 2. The largest absolute Gasteiger partial charge is 0.468 e. The molecule has 7 nitrogen and oxygen atoms in total. The summed E-state index contributed by atoms with van der Waals surface area (Å²) in [5.74, 6) is -0.232. The average molecular weight is 368 g/mol. The minimum atomic E-state index is -0.618. The van der Waals surface area contributed by atoms with E-state index in [0.717, 1.165) is 12.8 Å². The first-order valence-electron chi connectivity index (χ1n) is 9.21. The quantitative estimate of drug-likeness (QED) is 0.715. The second-order valence-electron chi connectivity index (χ2n) is 9.36. The van der Waals surface area contributed by atoms with E-state index in [4.69, 9.17) is 9.47 Å². The number of fused-ring (bicyclic) bond motifs is 2. The number of hydrogen-bond acceptors (Lipinski definition) is 5.